The van der Waals surface area contributed by atoms with Gasteiger partial charge in [0.1, 0.15) is 56.4 Å². The van der Waals surface area contributed by atoms with Gasteiger partial charge in [-0.2, -0.15) is 0 Å². The predicted octanol–water partition coefficient (Wildman–Crippen LogP) is -2.33. The lowest BCUT2D eigenvalue weighted by atomic mass is 9.95. The van der Waals surface area contributed by atoms with Gasteiger partial charge in [-0.25, -0.2) is 0 Å². The Morgan fingerprint density at radius 1 is 0.262 bits per heavy atom. The molecule has 4 aliphatic heterocycles. The third kappa shape index (κ3) is 20.5. The first-order valence-electron chi connectivity index (χ1n) is 25.6. The quantitative estimate of drug-likeness (QED) is 0.0828. The standard InChI is InChI=1S/C50H68O34/c1-18(51)65-14-31-37(39(71-23(6)56)43(47(64)79-31)75-27(10)60)83-50-46(78-30(13)63)42(74-26(9)59)38(33(81-50)16-67-20(3)53)84-49-45(77-29(12)62)41(73-25(8)58)36(70-22(5)55)34(82-49)17-68-48-44(76-28(11)61)40(72-24(7)57)35(69-21(4)54)32(80-48)15-66-19(2)52/h31-50,64H,14-17H2,1-13H3. The van der Waals surface area contributed by atoms with Crippen LogP contribution < -0.4 is 0 Å². The maximum absolute atomic E-state index is 13.2. The van der Waals surface area contributed by atoms with E-state index in [1.807, 2.05) is 0 Å². The third-order valence-corrected chi connectivity index (χ3v) is 11.8. The molecule has 0 aromatic carbocycles. The first-order valence-corrected chi connectivity index (χ1v) is 25.6. The van der Waals surface area contributed by atoms with E-state index in [0.29, 0.717) is 0 Å². The van der Waals surface area contributed by atoms with Crippen LogP contribution in [0.1, 0.15) is 90.0 Å². The van der Waals surface area contributed by atoms with Crippen molar-refractivity contribution in [2.75, 3.05) is 26.4 Å². The zero-order valence-electron chi connectivity index (χ0n) is 47.8. The van der Waals surface area contributed by atoms with Crippen molar-refractivity contribution in [2.45, 2.75) is 213 Å². The molecular formula is C50H68O34. The number of ether oxygens (including phenoxy) is 20. The molecule has 4 rings (SSSR count). The van der Waals surface area contributed by atoms with Gasteiger partial charge < -0.3 is 99.8 Å². The minimum absolute atomic E-state index is 0.697. The van der Waals surface area contributed by atoms with Crippen LogP contribution in [-0.2, 0) is 157 Å². The molecule has 0 saturated carbocycles. The van der Waals surface area contributed by atoms with E-state index in [0.717, 1.165) is 90.0 Å². The van der Waals surface area contributed by atoms with Gasteiger partial charge in [0.05, 0.1) is 6.61 Å². The van der Waals surface area contributed by atoms with Gasteiger partial charge in [0.25, 0.3) is 0 Å². The summed E-state index contributed by atoms with van der Waals surface area (Å²) in [4.78, 5) is 165. The summed E-state index contributed by atoms with van der Waals surface area (Å²) in [5.41, 5.74) is 0. The van der Waals surface area contributed by atoms with Crippen molar-refractivity contribution in [1.29, 1.82) is 0 Å². The van der Waals surface area contributed by atoms with Crippen LogP contribution in [-0.4, -0.2) is 232 Å². The second-order valence-electron chi connectivity index (χ2n) is 18.9. The second kappa shape index (κ2) is 31.6. The summed E-state index contributed by atoms with van der Waals surface area (Å²) in [6.45, 7) is 8.94. The van der Waals surface area contributed by atoms with Crippen molar-refractivity contribution in [3.8, 4) is 0 Å². The molecule has 472 valence electrons. The zero-order chi connectivity index (χ0) is 63.0. The van der Waals surface area contributed by atoms with Crippen molar-refractivity contribution in [3.63, 3.8) is 0 Å². The van der Waals surface area contributed by atoms with Gasteiger partial charge in [0, 0.05) is 90.0 Å². The fourth-order valence-corrected chi connectivity index (χ4v) is 9.09. The Balaban J connectivity index is 1.95. The van der Waals surface area contributed by atoms with E-state index in [-0.39, 0.29) is 0 Å². The molecular weight excluding hydrogens is 1140 g/mol. The first-order chi connectivity index (χ1) is 39.3. The molecule has 1 N–H and O–H groups in total. The summed E-state index contributed by atoms with van der Waals surface area (Å²) in [6.07, 6.45) is -38.3. The van der Waals surface area contributed by atoms with Gasteiger partial charge in [-0.05, 0) is 0 Å². The lowest BCUT2D eigenvalue weighted by Gasteiger charge is -2.50. The molecule has 4 fully saturated rings. The lowest BCUT2D eigenvalue weighted by molar-refractivity contribution is -0.380. The minimum Gasteiger partial charge on any atom is -0.463 e. The molecule has 20 unspecified atom stereocenters. The molecule has 0 bridgehead atoms. The Kier molecular flexibility index (Phi) is 26.1. The van der Waals surface area contributed by atoms with Gasteiger partial charge in [-0.15, -0.1) is 0 Å². The number of aliphatic hydroxyl groups excluding tert-OH is 1. The number of aliphatic hydroxyl groups is 1. The molecule has 4 heterocycles. The Labute approximate surface area is 478 Å². The van der Waals surface area contributed by atoms with Crippen LogP contribution >= 0.6 is 0 Å². The molecule has 34 heteroatoms. The van der Waals surface area contributed by atoms with E-state index in [9.17, 15) is 67.4 Å². The van der Waals surface area contributed by atoms with E-state index >= 15 is 0 Å². The molecule has 0 spiro atoms. The number of carbonyl (C=O) groups excluding carboxylic acids is 13. The minimum atomic E-state index is -2.21. The maximum Gasteiger partial charge on any atom is 0.303 e. The molecule has 84 heavy (non-hydrogen) atoms. The highest BCUT2D eigenvalue weighted by Gasteiger charge is 2.61. The topological polar surface area (TPSA) is 427 Å². The fourth-order valence-electron chi connectivity index (χ4n) is 9.09. The molecule has 4 aliphatic rings. The van der Waals surface area contributed by atoms with Gasteiger partial charge >= 0.3 is 77.6 Å². The largest absolute Gasteiger partial charge is 0.463 e. The monoisotopic (exact) mass is 1210 g/mol. The van der Waals surface area contributed by atoms with Crippen LogP contribution in [0.2, 0.25) is 0 Å². The highest BCUT2D eigenvalue weighted by Crippen LogP contribution is 2.39. The second-order valence-corrected chi connectivity index (χ2v) is 18.9. The van der Waals surface area contributed by atoms with Crippen LogP contribution in [0.5, 0.6) is 0 Å². The van der Waals surface area contributed by atoms with E-state index in [1.54, 1.807) is 0 Å². The summed E-state index contributed by atoms with van der Waals surface area (Å²) < 4.78 is 114. The van der Waals surface area contributed by atoms with Crippen LogP contribution in [0, 0.1) is 0 Å². The van der Waals surface area contributed by atoms with E-state index in [1.165, 1.54) is 0 Å². The lowest BCUT2D eigenvalue weighted by Crippen LogP contribution is -2.69. The highest BCUT2D eigenvalue weighted by molar-refractivity contribution is 5.71. The molecule has 0 aromatic rings. The van der Waals surface area contributed by atoms with Gasteiger partial charge in [0.15, 0.2) is 86.2 Å². The van der Waals surface area contributed by atoms with Crippen LogP contribution in [0.4, 0.5) is 0 Å². The van der Waals surface area contributed by atoms with Gasteiger partial charge in [-0.1, -0.05) is 0 Å². The summed E-state index contributed by atoms with van der Waals surface area (Å²) in [5.74, 6) is -13.4. The average Bonchev–Trinajstić information content (AvgIpc) is 1.54. The van der Waals surface area contributed by atoms with Crippen molar-refractivity contribution >= 4 is 77.6 Å². The molecule has 0 amide bonds. The average molecular weight is 1210 g/mol. The number of esters is 13. The summed E-state index contributed by atoms with van der Waals surface area (Å²) in [6, 6.07) is 0. The van der Waals surface area contributed by atoms with E-state index in [2.05, 4.69) is 0 Å². The van der Waals surface area contributed by atoms with Crippen LogP contribution in [0.25, 0.3) is 0 Å². The van der Waals surface area contributed by atoms with Crippen molar-refractivity contribution in [1.82, 2.24) is 0 Å². The Morgan fingerprint density at radius 3 is 0.810 bits per heavy atom. The summed E-state index contributed by atoms with van der Waals surface area (Å²) >= 11 is 0. The normalized spacial score (nSPS) is 32.7. The fraction of sp³-hybridized carbons (Fsp3) is 0.740. The summed E-state index contributed by atoms with van der Waals surface area (Å²) in [7, 11) is 0. The molecule has 34 nitrogen and oxygen atoms in total. The first kappa shape index (κ1) is 69.3. The number of rotatable bonds is 23. The predicted molar refractivity (Wildman–Crippen MR) is 258 cm³/mol. The smallest absolute Gasteiger partial charge is 0.303 e. The third-order valence-electron chi connectivity index (χ3n) is 11.8. The zero-order valence-corrected chi connectivity index (χ0v) is 47.8. The van der Waals surface area contributed by atoms with E-state index in [4.69, 9.17) is 94.7 Å². The Bertz CT molecular complexity index is 2410. The maximum atomic E-state index is 13.2. The van der Waals surface area contributed by atoms with Gasteiger partial charge in [-0.3, -0.25) is 62.3 Å². The summed E-state index contributed by atoms with van der Waals surface area (Å²) in [5, 5.41) is 11.0. The highest BCUT2D eigenvalue weighted by atomic mass is 16.8. The molecule has 4 saturated heterocycles. The molecule has 0 radical (unpaired) electrons. The molecule has 20 atom stereocenters. The van der Waals surface area contributed by atoms with Crippen molar-refractivity contribution < 1.29 is 162 Å². The number of hydrogen-bond acceptors (Lipinski definition) is 34. The van der Waals surface area contributed by atoms with Crippen molar-refractivity contribution in [2.24, 2.45) is 0 Å². The van der Waals surface area contributed by atoms with Crippen molar-refractivity contribution in [3.05, 3.63) is 0 Å². The Morgan fingerprint density at radius 2 is 0.488 bits per heavy atom. The van der Waals surface area contributed by atoms with Crippen LogP contribution in [0.15, 0.2) is 0 Å². The van der Waals surface area contributed by atoms with E-state index < -0.39 is 227 Å². The molecule has 0 aliphatic carbocycles. The van der Waals surface area contributed by atoms with Gasteiger partial charge in [0.2, 0.25) is 0 Å². The number of carbonyl (C=O) groups is 13. The SMILES string of the molecule is CC(=O)OCC1OC(O)C(OC(C)=O)C(OC(C)=O)C1OC1OC(COC(C)=O)C(OC2OC(COC3OC(COC(C)=O)C(OC(C)=O)C(OC(C)=O)C3OC(C)=O)C(OC(C)=O)C(OC(C)=O)C2OC(C)=O)C(OC(C)=O)C1OC(C)=O. The van der Waals surface area contributed by atoms with Crippen LogP contribution in [0.3, 0.4) is 0 Å². The Hall–Kier alpha value is -7.21. The molecule has 0 aromatic heterocycles. The number of hydrogen-bond donors (Lipinski definition) is 1.